The molecule has 0 fully saturated rings. The predicted molar refractivity (Wildman–Crippen MR) is 100 cm³/mol. The number of hydrogen-bond donors (Lipinski definition) is 1. The lowest BCUT2D eigenvalue weighted by Crippen LogP contribution is -2.41. The van der Waals surface area contributed by atoms with Gasteiger partial charge in [0.1, 0.15) is 6.04 Å². The van der Waals surface area contributed by atoms with Crippen molar-refractivity contribution in [3.63, 3.8) is 0 Å². The van der Waals surface area contributed by atoms with Gasteiger partial charge in [-0.05, 0) is 20.3 Å². The van der Waals surface area contributed by atoms with Crippen molar-refractivity contribution in [1.82, 2.24) is 10.3 Å². The molecule has 0 bridgehead atoms. The summed E-state index contributed by atoms with van der Waals surface area (Å²) in [6.45, 7) is 6.20. The zero-order valence-electron chi connectivity index (χ0n) is 16.9. The minimum Gasteiger partial charge on any atom is -0.493 e. The fourth-order valence-corrected chi connectivity index (χ4v) is 2.24. The smallest absolute Gasteiger partial charge is 0.328 e. The third-order valence-corrected chi connectivity index (χ3v) is 3.75. The SMILES string of the molecule is CCCCC(C)OC(=O)C(C)NC(=O)c1nccc(OC)c1OCOC(C)=O. The molecular formula is C19H28N2O7. The first-order chi connectivity index (χ1) is 13.3. The molecule has 0 aliphatic heterocycles. The standard InChI is InChI=1S/C19H28N2O7/c1-6-7-8-12(2)28-19(24)13(3)21-18(23)16-17(27-11-26-14(4)22)15(25-5)9-10-20-16/h9-10,12-13H,6-8,11H2,1-5H3,(H,21,23). The molecule has 9 nitrogen and oxygen atoms in total. The van der Waals surface area contributed by atoms with E-state index in [9.17, 15) is 14.4 Å². The van der Waals surface area contributed by atoms with E-state index >= 15 is 0 Å². The van der Waals surface area contributed by atoms with Crippen LogP contribution >= 0.6 is 0 Å². The second-order valence-corrected chi connectivity index (χ2v) is 6.17. The van der Waals surface area contributed by atoms with Gasteiger partial charge in [0.05, 0.1) is 13.2 Å². The first-order valence-electron chi connectivity index (χ1n) is 9.10. The molecule has 156 valence electrons. The molecule has 0 aliphatic carbocycles. The first-order valence-corrected chi connectivity index (χ1v) is 9.10. The highest BCUT2D eigenvalue weighted by molar-refractivity contribution is 5.98. The zero-order valence-corrected chi connectivity index (χ0v) is 16.9. The van der Waals surface area contributed by atoms with E-state index in [-0.39, 0.29) is 23.3 Å². The molecule has 28 heavy (non-hydrogen) atoms. The maximum absolute atomic E-state index is 12.6. The Morgan fingerprint density at radius 2 is 1.96 bits per heavy atom. The van der Waals surface area contributed by atoms with Gasteiger partial charge < -0.3 is 24.3 Å². The van der Waals surface area contributed by atoms with Crippen LogP contribution in [-0.2, 0) is 19.1 Å². The molecule has 0 aliphatic rings. The predicted octanol–water partition coefficient (Wildman–Crippen LogP) is 2.23. The van der Waals surface area contributed by atoms with Crippen molar-refractivity contribution in [3.8, 4) is 11.5 Å². The van der Waals surface area contributed by atoms with Crippen molar-refractivity contribution >= 4 is 17.8 Å². The fourth-order valence-electron chi connectivity index (χ4n) is 2.24. The summed E-state index contributed by atoms with van der Waals surface area (Å²) in [4.78, 5) is 39.6. The molecule has 0 radical (unpaired) electrons. The van der Waals surface area contributed by atoms with Crippen LogP contribution in [0.4, 0.5) is 0 Å². The Hall–Kier alpha value is -2.84. The number of nitrogens with zero attached hydrogens (tertiary/aromatic N) is 1. The molecule has 0 spiro atoms. The van der Waals surface area contributed by atoms with Gasteiger partial charge >= 0.3 is 11.9 Å². The number of methoxy groups -OCH3 is 1. The van der Waals surface area contributed by atoms with Gasteiger partial charge in [-0.15, -0.1) is 0 Å². The average molecular weight is 396 g/mol. The maximum atomic E-state index is 12.6. The van der Waals surface area contributed by atoms with E-state index in [1.54, 1.807) is 0 Å². The van der Waals surface area contributed by atoms with Gasteiger partial charge in [0, 0.05) is 19.2 Å². The molecule has 2 atom stereocenters. The van der Waals surface area contributed by atoms with Gasteiger partial charge in [0.25, 0.3) is 5.91 Å². The van der Waals surface area contributed by atoms with Gasteiger partial charge in [-0.2, -0.15) is 0 Å². The van der Waals surface area contributed by atoms with Crippen LogP contribution in [-0.4, -0.2) is 48.9 Å². The Kier molecular flexibility index (Phi) is 9.76. The van der Waals surface area contributed by atoms with Crippen LogP contribution < -0.4 is 14.8 Å². The second kappa shape index (κ2) is 11.8. The normalized spacial score (nSPS) is 12.5. The van der Waals surface area contributed by atoms with Crippen LogP contribution in [0, 0.1) is 0 Å². The van der Waals surface area contributed by atoms with Gasteiger partial charge in [-0.3, -0.25) is 9.59 Å². The summed E-state index contributed by atoms with van der Waals surface area (Å²) < 4.78 is 20.5. The number of aromatic nitrogens is 1. The highest BCUT2D eigenvalue weighted by Crippen LogP contribution is 2.29. The number of unbranched alkanes of at least 4 members (excludes halogenated alkanes) is 1. The number of amides is 1. The Balaban J connectivity index is 2.81. The highest BCUT2D eigenvalue weighted by Gasteiger charge is 2.24. The van der Waals surface area contributed by atoms with Crippen LogP contribution in [0.3, 0.4) is 0 Å². The Bertz CT molecular complexity index is 678. The van der Waals surface area contributed by atoms with Crippen LogP contribution in [0.15, 0.2) is 12.3 Å². The number of hydrogen-bond acceptors (Lipinski definition) is 8. The lowest BCUT2D eigenvalue weighted by atomic mass is 10.2. The second-order valence-electron chi connectivity index (χ2n) is 6.17. The number of nitrogens with one attached hydrogen (secondary N) is 1. The van der Waals surface area contributed by atoms with Crippen molar-refractivity contribution in [2.75, 3.05) is 13.9 Å². The number of carbonyl (C=O) groups excluding carboxylic acids is 3. The molecule has 1 N–H and O–H groups in total. The van der Waals surface area contributed by atoms with Crippen molar-refractivity contribution in [2.24, 2.45) is 0 Å². The Morgan fingerprint density at radius 3 is 2.57 bits per heavy atom. The van der Waals surface area contributed by atoms with Crippen molar-refractivity contribution in [2.45, 2.75) is 59.1 Å². The van der Waals surface area contributed by atoms with Gasteiger partial charge in [0.15, 0.2) is 17.2 Å². The van der Waals surface area contributed by atoms with Crippen LogP contribution in [0.5, 0.6) is 11.5 Å². The van der Waals surface area contributed by atoms with E-state index in [2.05, 4.69) is 17.2 Å². The number of rotatable bonds is 11. The minimum atomic E-state index is -0.883. The van der Waals surface area contributed by atoms with E-state index in [0.717, 1.165) is 19.3 Å². The van der Waals surface area contributed by atoms with E-state index in [1.807, 2.05) is 6.92 Å². The van der Waals surface area contributed by atoms with E-state index in [4.69, 9.17) is 18.9 Å². The number of pyridine rings is 1. The topological polar surface area (TPSA) is 113 Å². The summed E-state index contributed by atoms with van der Waals surface area (Å²) in [7, 11) is 1.40. The average Bonchev–Trinajstić information content (AvgIpc) is 2.65. The summed E-state index contributed by atoms with van der Waals surface area (Å²) in [6.07, 6.45) is 3.85. The molecule has 1 heterocycles. The van der Waals surface area contributed by atoms with E-state index in [1.165, 1.54) is 33.2 Å². The summed E-state index contributed by atoms with van der Waals surface area (Å²) in [5.74, 6) is -1.50. The highest BCUT2D eigenvalue weighted by atomic mass is 16.7. The first kappa shape index (κ1) is 23.2. The van der Waals surface area contributed by atoms with Crippen molar-refractivity contribution in [3.05, 3.63) is 18.0 Å². The number of carbonyl (C=O) groups is 3. The third-order valence-electron chi connectivity index (χ3n) is 3.75. The van der Waals surface area contributed by atoms with Crippen LogP contribution in [0.25, 0.3) is 0 Å². The molecule has 1 aromatic rings. The largest absolute Gasteiger partial charge is 0.493 e. The summed E-state index contributed by atoms with van der Waals surface area (Å²) >= 11 is 0. The van der Waals surface area contributed by atoms with E-state index < -0.39 is 30.7 Å². The van der Waals surface area contributed by atoms with E-state index in [0.29, 0.717) is 0 Å². The molecule has 1 rings (SSSR count). The molecule has 1 amide bonds. The summed E-state index contributed by atoms with van der Waals surface area (Å²) in [6, 6.07) is 0.610. The van der Waals surface area contributed by atoms with Gasteiger partial charge in [-0.1, -0.05) is 19.8 Å². The Morgan fingerprint density at radius 1 is 1.25 bits per heavy atom. The monoisotopic (exact) mass is 396 g/mol. The fraction of sp³-hybridized carbons (Fsp3) is 0.579. The molecule has 1 aromatic heterocycles. The van der Waals surface area contributed by atoms with Crippen molar-refractivity contribution in [1.29, 1.82) is 0 Å². The third kappa shape index (κ3) is 7.42. The minimum absolute atomic E-state index is 0.000584. The number of esters is 2. The van der Waals surface area contributed by atoms with Crippen LogP contribution in [0.2, 0.25) is 0 Å². The molecule has 2 unspecified atom stereocenters. The molecular weight excluding hydrogens is 368 g/mol. The van der Waals surface area contributed by atoms with Gasteiger partial charge in [0.2, 0.25) is 6.79 Å². The lowest BCUT2D eigenvalue weighted by molar-refractivity contribution is -0.150. The maximum Gasteiger partial charge on any atom is 0.328 e. The quantitative estimate of drug-likeness (QED) is 0.447. The van der Waals surface area contributed by atoms with Gasteiger partial charge in [-0.25, -0.2) is 9.78 Å². The lowest BCUT2D eigenvalue weighted by Gasteiger charge is -2.18. The van der Waals surface area contributed by atoms with Crippen molar-refractivity contribution < 1.29 is 33.3 Å². The molecule has 9 heteroatoms. The summed E-state index contributed by atoms with van der Waals surface area (Å²) in [5, 5.41) is 2.53. The molecule has 0 aromatic carbocycles. The van der Waals surface area contributed by atoms with Crippen LogP contribution in [0.1, 0.15) is 57.4 Å². The molecule has 0 saturated heterocycles. The summed E-state index contributed by atoms with van der Waals surface area (Å²) in [5.41, 5.74) is -0.106. The zero-order chi connectivity index (χ0) is 21.1. The number of ether oxygens (including phenoxy) is 4. The Labute approximate surface area is 164 Å². The molecule has 0 saturated carbocycles.